The number of carbonyl (C=O) groups excluding carboxylic acids is 1. The molecule has 10 heteroatoms. The molecule has 3 aromatic rings. The van der Waals surface area contributed by atoms with E-state index in [4.69, 9.17) is 35.0 Å². The summed E-state index contributed by atoms with van der Waals surface area (Å²) < 4.78 is 35.1. The highest BCUT2D eigenvalue weighted by atomic mass is 16.6. The van der Waals surface area contributed by atoms with Crippen molar-refractivity contribution in [3.8, 4) is 23.0 Å². The summed E-state index contributed by atoms with van der Waals surface area (Å²) in [6, 6.07) is 16.8. The lowest BCUT2D eigenvalue weighted by molar-refractivity contribution is -0.174. The zero-order valence-electron chi connectivity index (χ0n) is 28.4. The highest BCUT2D eigenvalue weighted by molar-refractivity contribution is 5.96. The Labute approximate surface area is 282 Å². The Morgan fingerprint density at radius 2 is 1.54 bits per heavy atom. The van der Waals surface area contributed by atoms with Gasteiger partial charge in [0.15, 0.2) is 0 Å². The van der Waals surface area contributed by atoms with Gasteiger partial charge in [0.2, 0.25) is 0 Å². The Balaban J connectivity index is 1.40. The topological polar surface area (TPSA) is 117 Å². The second-order valence-electron chi connectivity index (χ2n) is 13.2. The van der Waals surface area contributed by atoms with Crippen LogP contribution in [0.5, 0.6) is 23.0 Å². The minimum atomic E-state index is -0.925. The molecule has 2 N–H and O–H groups in total. The first kappa shape index (κ1) is 35.0. The molecular formula is C38H45NO9. The maximum atomic E-state index is 13.7. The number of aliphatic hydroxyl groups is 2. The maximum absolute atomic E-state index is 13.7. The highest BCUT2D eigenvalue weighted by Gasteiger charge is 2.48. The van der Waals surface area contributed by atoms with Crippen LogP contribution in [-0.2, 0) is 29.1 Å². The minimum Gasteiger partial charge on any atom is -0.497 e. The molecule has 2 aliphatic heterocycles. The molecule has 5 rings (SSSR count). The van der Waals surface area contributed by atoms with Gasteiger partial charge in [-0.1, -0.05) is 45.0 Å². The molecule has 0 radical (unpaired) electrons. The van der Waals surface area contributed by atoms with Crippen LogP contribution in [0.25, 0.3) is 4.85 Å². The second-order valence-corrected chi connectivity index (χ2v) is 13.2. The molecule has 0 aromatic heterocycles. The Morgan fingerprint density at radius 3 is 2.08 bits per heavy atom. The van der Waals surface area contributed by atoms with E-state index in [1.807, 2.05) is 76.2 Å². The molecule has 2 heterocycles. The smallest absolute Gasteiger partial charge is 0.342 e. The van der Waals surface area contributed by atoms with Gasteiger partial charge in [-0.05, 0) is 53.4 Å². The molecule has 0 amide bonds. The van der Waals surface area contributed by atoms with Gasteiger partial charge in [0.1, 0.15) is 47.9 Å². The molecule has 10 nitrogen and oxygen atoms in total. The maximum Gasteiger partial charge on any atom is 0.342 e. The predicted molar refractivity (Wildman–Crippen MR) is 178 cm³/mol. The minimum absolute atomic E-state index is 0.179. The van der Waals surface area contributed by atoms with E-state index < -0.39 is 47.9 Å². The van der Waals surface area contributed by atoms with E-state index in [-0.39, 0.29) is 19.4 Å². The number of nitrogens with zero attached hydrogens (tertiary/aromatic N) is 1. The molecule has 1 saturated heterocycles. The van der Waals surface area contributed by atoms with Gasteiger partial charge < -0.3 is 38.6 Å². The number of cyclic esters (lactones) is 1. The third-order valence-corrected chi connectivity index (χ3v) is 9.84. The van der Waals surface area contributed by atoms with Crippen molar-refractivity contribution in [2.75, 3.05) is 14.2 Å². The molecule has 48 heavy (non-hydrogen) atoms. The Kier molecular flexibility index (Phi) is 10.8. The van der Waals surface area contributed by atoms with Crippen molar-refractivity contribution in [1.82, 2.24) is 0 Å². The van der Waals surface area contributed by atoms with Crippen molar-refractivity contribution in [3.05, 3.63) is 93.8 Å². The van der Waals surface area contributed by atoms with Crippen LogP contribution in [-0.4, -0.2) is 61.0 Å². The molecule has 2 aliphatic rings. The first-order valence-corrected chi connectivity index (χ1v) is 16.2. The van der Waals surface area contributed by atoms with E-state index in [0.717, 1.165) is 33.8 Å². The normalized spacial score (nSPS) is 22.8. The average Bonchev–Trinajstić information content (AvgIpc) is 3.09. The summed E-state index contributed by atoms with van der Waals surface area (Å²) >= 11 is 0. The molecule has 0 spiro atoms. The molecular weight excluding hydrogens is 614 g/mol. The Bertz CT molecular complexity index is 1610. The number of hydrogen-bond donors (Lipinski definition) is 2. The van der Waals surface area contributed by atoms with E-state index in [9.17, 15) is 15.0 Å². The molecule has 0 aliphatic carbocycles. The Hall–Kier alpha value is -4.30. The lowest BCUT2D eigenvalue weighted by Gasteiger charge is -2.43. The number of esters is 1. The second kappa shape index (κ2) is 14.9. The molecule has 1 unspecified atom stereocenters. The summed E-state index contributed by atoms with van der Waals surface area (Å²) in [4.78, 5) is 17.2. The van der Waals surface area contributed by atoms with E-state index in [1.54, 1.807) is 20.3 Å². The van der Waals surface area contributed by atoms with Crippen LogP contribution in [0, 0.1) is 24.8 Å². The predicted octanol–water partition coefficient (Wildman–Crippen LogP) is 6.06. The first-order valence-electron chi connectivity index (χ1n) is 16.2. The third kappa shape index (κ3) is 7.54. The summed E-state index contributed by atoms with van der Waals surface area (Å²) in [6.07, 6.45) is -2.89. The van der Waals surface area contributed by atoms with Crippen molar-refractivity contribution in [2.45, 2.75) is 90.8 Å². The van der Waals surface area contributed by atoms with Crippen LogP contribution >= 0.6 is 0 Å². The van der Waals surface area contributed by atoms with Gasteiger partial charge in [-0.3, -0.25) is 4.85 Å². The van der Waals surface area contributed by atoms with E-state index in [2.05, 4.69) is 4.85 Å². The van der Waals surface area contributed by atoms with E-state index in [1.165, 1.54) is 0 Å². The van der Waals surface area contributed by atoms with Gasteiger partial charge in [-0.2, -0.15) is 0 Å². The number of ether oxygens (including phenoxy) is 6. The van der Waals surface area contributed by atoms with Crippen LogP contribution in [0.1, 0.15) is 66.2 Å². The van der Waals surface area contributed by atoms with Crippen molar-refractivity contribution < 1.29 is 43.4 Å². The van der Waals surface area contributed by atoms with Crippen LogP contribution in [0.2, 0.25) is 0 Å². The van der Waals surface area contributed by atoms with Gasteiger partial charge in [-0.15, -0.1) is 0 Å². The molecule has 0 saturated carbocycles. The lowest BCUT2D eigenvalue weighted by Crippen LogP contribution is -2.51. The van der Waals surface area contributed by atoms with Crippen molar-refractivity contribution in [2.24, 2.45) is 11.3 Å². The van der Waals surface area contributed by atoms with Gasteiger partial charge in [0.25, 0.3) is 0 Å². The van der Waals surface area contributed by atoms with Crippen LogP contribution in [0.4, 0.5) is 0 Å². The fraction of sp³-hybridized carbons (Fsp3) is 0.474. The third-order valence-electron chi connectivity index (χ3n) is 9.84. The zero-order valence-corrected chi connectivity index (χ0v) is 28.4. The number of hydrogen-bond acceptors (Lipinski definition) is 9. The summed E-state index contributed by atoms with van der Waals surface area (Å²) in [6.45, 7) is 15.4. The van der Waals surface area contributed by atoms with Gasteiger partial charge in [-0.25, -0.2) is 11.4 Å². The van der Waals surface area contributed by atoms with Gasteiger partial charge in [0, 0.05) is 30.2 Å². The first-order chi connectivity index (χ1) is 22.9. The summed E-state index contributed by atoms with van der Waals surface area (Å²) in [7, 11) is 3.23. The van der Waals surface area contributed by atoms with Gasteiger partial charge >= 0.3 is 12.2 Å². The van der Waals surface area contributed by atoms with Crippen LogP contribution in [0.15, 0.2) is 54.6 Å². The number of rotatable bonds is 12. The molecule has 0 bridgehead atoms. The van der Waals surface area contributed by atoms with Crippen molar-refractivity contribution >= 4 is 5.97 Å². The standard InChI is InChI=1S/C38H45NO9/c1-22-28-16-31(23(2)29(40)17-34-38(3,4)33(41)19-35(39-5)48-34)47-37(42)36(28)32(46-21-25-10-14-27(44-7)15-11-25)18-30(22)45-20-24-8-12-26(43-6)13-9-24/h8-15,18,23,29,31,33-35,40-41H,16-17,19-21H2,1-4,6-7H3/t23-,29+,31-,33?,34-,35+/m1/s1. The Morgan fingerprint density at radius 1 is 0.979 bits per heavy atom. The molecule has 3 aromatic carbocycles. The fourth-order valence-corrected chi connectivity index (χ4v) is 6.28. The number of carbonyl (C=O) groups is 1. The molecule has 1 fully saturated rings. The summed E-state index contributed by atoms with van der Waals surface area (Å²) in [5.41, 5.74) is 3.05. The number of benzene rings is 3. The van der Waals surface area contributed by atoms with Gasteiger partial charge in [0.05, 0.1) is 39.0 Å². The number of methoxy groups -OCH3 is 2. The van der Waals surface area contributed by atoms with Crippen molar-refractivity contribution in [3.63, 3.8) is 0 Å². The SMILES string of the molecule is [C-]#[N+][C@@H]1CC(O)C(C)(C)[C@@H](C[C@H](O)[C@@H](C)[C@H]2Cc3c(C)c(OCc4ccc(OC)cc4)cc(OCc4ccc(OC)cc4)c3C(=O)O2)O1. The summed E-state index contributed by atoms with van der Waals surface area (Å²) in [5.74, 6) is 1.40. The van der Waals surface area contributed by atoms with Crippen LogP contribution < -0.4 is 18.9 Å². The lowest BCUT2D eigenvalue weighted by atomic mass is 9.73. The molecule has 6 atom stereocenters. The largest absolute Gasteiger partial charge is 0.497 e. The molecule has 256 valence electrons. The number of fused-ring (bicyclic) bond motifs is 1. The van der Waals surface area contributed by atoms with E-state index >= 15 is 0 Å². The van der Waals surface area contributed by atoms with Crippen LogP contribution in [0.3, 0.4) is 0 Å². The highest BCUT2D eigenvalue weighted by Crippen LogP contribution is 2.42. The quantitative estimate of drug-likeness (QED) is 0.177. The summed E-state index contributed by atoms with van der Waals surface area (Å²) in [5, 5.41) is 22.1. The fourth-order valence-electron chi connectivity index (χ4n) is 6.28. The zero-order chi connectivity index (χ0) is 34.6. The van der Waals surface area contributed by atoms with E-state index in [0.29, 0.717) is 30.1 Å². The monoisotopic (exact) mass is 659 g/mol. The van der Waals surface area contributed by atoms with Crippen molar-refractivity contribution in [1.29, 1.82) is 0 Å². The average molecular weight is 660 g/mol. The number of aliphatic hydroxyl groups excluding tert-OH is 2.